The number of nitrogens with one attached hydrogen (secondary N) is 1. The van der Waals surface area contributed by atoms with E-state index >= 15 is 0 Å². The summed E-state index contributed by atoms with van der Waals surface area (Å²) in [5, 5.41) is 4.03. The van der Waals surface area contributed by atoms with Crippen molar-refractivity contribution in [1.82, 2.24) is 14.2 Å². The van der Waals surface area contributed by atoms with Crippen molar-refractivity contribution in [2.45, 2.75) is 11.3 Å². The molecule has 1 aromatic heterocycles. The average Bonchev–Trinajstić information content (AvgIpc) is 3.05. The topological polar surface area (TPSA) is 63.6 Å². The molecule has 0 unspecified atom stereocenters. The molecule has 0 amide bonds. The number of methoxy groups -OCH3 is 1. The summed E-state index contributed by atoms with van der Waals surface area (Å²) in [7, 11) is 3.39. The van der Waals surface area contributed by atoms with Crippen LogP contribution in [0.1, 0.15) is 5.69 Å². The van der Waals surface area contributed by atoms with Gasteiger partial charge < -0.3 is 15.0 Å². The summed E-state index contributed by atoms with van der Waals surface area (Å²) in [6.45, 7) is 0. The van der Waals surface area contributed by atoms with Crippen molar-refractivity contribution in [3.05, 3.63) is 70.6 Å². The van der Waals surface area contributed by atoms with Crippen LogP contribution in [0.3, 0.4) is 0 Å². The molecule has 0 atom stereocenters. The van der Waals surface area contributed by atoms with Gasteiger partial charge in [-0.3, -0.25) is 0 Å². The van der Waals surface area contributed by atoms with E-state index in [1.807, 2.05) is 62.6 Å². The minimum absolute atomic E-state index is 0.184. The fraction of sp³-hybridized carbons (Fsp3) is 0.238. The van der Waals surface area contributed by atoms with Crippen LogP contribution < -0.4 is 10.1 Å². The second-order valence-electron chi connectivity index (χ2n) is 6.81. The number of aromatic nitrogens is 1. The van der Waals surface area contributed by atoms with Crippen LogP contribution in [0.15, 0.2) is 69.8 Å². The van der Waals surface area contributed by atoms with Crippen LogP contribution in [0.4, 0.5) is 0 Å². The largest absolute Gasteiger partial charge is 0.497 e. The Morgan fingerprint density at radius 1 is 1.21 bits per heavy atom. The van der Waals surface area contributed by atoms with E-state index in [0.29, 0.717) is 27.9 Å². The highest BCUT2D eigenvalue weighted by Crippen LogP contribution is 2.32. The molecular formula is C21H24BrN3O3S. The van der Waals surface area contributed by atoms with Crippen molar-refractivity contribution in [2.24, 2.45) is 0 Å². The lowest BCUT2D eigenvalue weighted by molar-refractivity contribution is 0.414. The Hall–Kier alpha value is -2.45. The number of hydrogen-bond acceptors (Lipinski definition) is 5. The third kappa shape index (κ3) is 4.28. The maximum absolute atomic E-state index is 13.7. The third-order valence-electron chi connectivity index (χ3n) is 4.50. The van der Waals surface area contributed by atoms with Gasteiger partial charge in [0.05, 0.1) is 12.6 Å². The summed E-state index contributed by atoms with van der Waals surface area (Å²) in [6, 6.07) is 14.3. The number of hydrogen-bond donors (Lipinski definition) is 1. The minimum Gasteiger partial charge on any atom is -0.497 e. The van der Waals surface area contributed by atoms with E-state index in [1.54, 1.807) is 25.3 Å². The average molecular weight is 478 g/mol. The van der Waals surface area contributed by atoms with E-state index in [1.165, 1.54) is 3.97 Å². The second kappa shape index (κ2) is 8.51. The fourth-order valence-electron chi connectivity index (χ4n) is 3.22. The van der Waals surface area contributed by atoms with Gasteiger partial charge >= 0.3 is 0 Å². The zero-order chi connectivity index (χ0) is 21.2. The van der Waals surface area contributed by atoms with Crippen molar-refractivity contribution >= 4 is 36.9 Å². The minimum atomic E-state index is -3.85. The summed E-state index contributed by atoms with van der Waals surface area (Å²) in [6.07, 6.45) is 2.38. The van der Waals surface area contributed by atoms with E-state index in [2.05, 4.69) is 21.2 Å². The fourth-order valence-corrected chi connectivity index (χ4v) is 5.78. The van der Waals surface area contributed by atoms with Gasteiger partial charge in [0.25, 0.3) is 10.0 Å². The molecule has 6 nitrogen and oxygen atoms in total. The molecule has 0 spiro atoms. The van der Waals surface area contributed by atoms with Gasteiger partial charge in [-0.1, -0.05) is 18.2 Å². The van der Waals surface area contributed by atoms with Gasteiger partial charge in [0.1, 0.15) is 10.6 Å². The third-order valence-corrected chi connectivity index (χ3v) is 7.24. The smallest absolute Gasteiger partial charge is 0.269 e. The summed E-state index contributed by atoms with van der Waals surface area (Å²) < 4.78 is 34.5. The van der Waals surface area contributed by atoms with Crippen LogP contribution in [0.2, 0.25) is 0 Å². The van der Waals surface area contributed by atoms with Gasteiger partial charge in [-0.2, -0.15) is 0 Å². The molecule has 0 aliphatic carbocycles. The van der Waals surface area contributed by atoms with E-state index in [-0.39, 0.29) is 4.90 Å². The number of likely N-dealkylation sites (N-methyl/N-ethyl adjacent to an activating group) is 1. The zero-order valence-corrected chi connectivity index (χ0v) is 19.2. The van der Waals surface area contributed by atoms with Gasteiger partial charge in [-0.05, 0) is 46.3 Å². The maximum Gasteiger partial charge on any atom is 0.269 e. The monoisotopic (exact) mass is 477 g/mol. The first-order valence-electron chi connectivity index (χ1n) is 9.01. The van der Waals surface area contributed by atoms with Gasteiger partial charge in [0.15, 0.2) is 0 Å². The molecule has 2 aromatic carbocycles. The Kier molecular flexibility index (Phi) is 6.24. The molecule has 8 heteroatoms. The Morgan fingerprint density at radius 2 is 1.93 bits per heavy atom. The first-order valence-corrected chi connectivity index (χ1v) is 11.2. The molecule has 0 aliphatic heterocycles. The second-order valence-corrected chi connectivity index (χ2v) is 9.41. The van der Waals surface area contributed by atoms with Gasteiger partial charge in [-0.15, -0.1) is 0 Å². The standard InChI is InChI=1S/C21H24BrN3O3S/c1-23-16(14-24(2)3)12-17-11-15-7-5-6-8-20(15)25(17)29(26,27)21-10-9-18(28-4)13-19(21)22/h5-11,13-14,23H,12H2,1-4H3/b16-14+. The summed E-state index contributed by atoms with van der Waals surface area (Å²) in [5.74, 6) is 0.583. The highest BCUT2D eigenvalue weighted by molar-refractivity contribution is 9.10. The quantitative estimate of drug-likeness (QED) is 0.560. The van der Waals surface area contributed by atoms with Crippen molar-refractivity contribution in [3.8, 4) is 5.75 Å². The molecule has 0 bridgehead atoms. The molecule has 0 saturated heterocycles. The summed E-state index contributed by atoms with van der Waals surface area (Å²) in [4.78, 5) is 2.11. The van der Waals surface area contributed by atoms with E-state index in [9.17, 15) is 8.42 Å². The molecule has 3 rings (SSSR count). The van der Waals surface area contributed by atoms with E-state index < -0.39 is 10.0 Å². The predicted molar refractivity (Wildman–Crippen MR) is 120 cm³/mol. The lowest BCUT2D eigenvalue weighted by Crippen LogP contribution is -2.19. The molecule has 1 N–H and O–H groups in total. The van der Waals surface area contributed by atoms with Crippen molar-refractivity contribution in [3.63, 3.8) is 0 Å². The van der Waals surface area contributed by atoms with Crippen molar-refractivity contribution in [2.75, 3.05) is 28.3 Å². The molecule has 154 valence electrons. The molecule has 0 aliphatic rings. The molecule has 3 aromatic rings. The first kappa shape index (κ1) is 21.3. The SMILES string of the molecule is CN/C(=C/N(C)C)Cc1cc2ccccc2n1S(=O)(=O)c1ccc(OC)cc1Br. The number of allylic oxidation sites excluding steroid dienone is 1. The lowest BCUT2D eigenvalue weighted by atomic mass is 10.2. The number of ether oxygens (including phenoxy) is 1. The van der Waals surface area contributed by atoms with E-state index in [0.717, 1.165) is 11.1 Å². The first-order chi connectivity index (χ1) is 13.8. The molecule has 0 saturated carbocycles. The van der Waals surface area contributed by atoms with Gasteiger partial charge in [0.2, 0.25) is 0 Å². The Balaban J connectivity index is 2.22. The number of benzene rings is 2. The number of rotatable bonds is 7. The normalized spacial score (nSPS) is 12.2. The Bertz CT molecular complexity index is 1170. The van der Waals surface area contributed by atoms with Crippen molar-refractivity contribution < 1.29 is 13.2 Å². The highest BCUT2D eigenvalue weighted by atomic mass is 79.9. The number of fused-ring (bicyclic) bond motifs is 1. The Labute approximate surface area is 180 Å². The molecule has 0 radical (unpaired) electrons. The highest BCUT2D eigenvalue weighted by Gasteiger charge is 2.25. The van der Waals surface area contributed by atoms with Crippen molar-refractivity contribution in [1.29, 1.82) is 0 Å². The predicted octanol–water partition coefficient (Wildman–Crippen LogP) is 3.81. The summed E-state index contributed by atoms with van der Waals surface area (Å²) in [5.41, 5.74) is 2.23. The number of halogens is 1. The molecule has 0 fully saturated rings. The molecule has 1 heterocycles. The van der Waals surface area contributed by atoms with Crippen LogP contribution in [0.25, 0.3) is 10.9 Å². The molecule has 29 heavy (non-hydrogen) atoms. The molecular weight excluding hydrogens is 454 g/mol. The van der Waals surface area contributed by atoms with Crippen LogP contribution >= 0.6 is 15.9 Å². The van der Waals surface area contributed by atoms with Crippen LogP contribution in [0, 0.1) is 0 Å². The number of nitrogens with zero attached hydrogens (tertiary/aromatic N) is 2. The van der Waals surface area contributed by atoms with Crippen LogP contribution in [-0.4, -0.2) is 45.5 Å². The lowest BCUT2D eigenvalue weighted by Gasteiger charge is -2.16. The number of para-hydroxylation sites is 1. The zero-order valence-electron chi connectivity index (χ0n) is 16.8. The van der Waals surface area contributed by atoms with Crippen LogP contribution in [-0.2, 0) is 16.4 Å². The maximum atomic E-state index is 13.7. The van der Waals surface area contributed by atoms with E-state index in [4.69, 9.17) is 4.74 Å². The summed E-state index contributed by atoms with van der Waals surface area (Å²) >= 11 is 3.39. The van der Waals surface area contributed by atoms with Gasteiger partial charge in [-0.25, -0.2) is 12.4 Å². The van der Waals surface area contributed by atoms with Gasteiger partial charge in [0, 0.05) is 55.0 Å². The Morgan fingerprint density at radius 3 is 2.55 bits per heavy atom. The van der Waals surface area contributed by atoms with Crippen LogP contribution in [0.5, 0.6) is 5.75 Å².